The average Bonchev–Trinajstić information content (AvgIpc) is 3.04. The van der Waals surface area contributed by atoms with Gasteiger partial charge in [0.25, 0.3) is 0 Å². The van der Waals surface area contributed by atoms with Crippen LogP contribution in [0.4, 0.5) is 10.5 Å². The first kappa shape index (κ1) is 13.0. The Kier molecular flexibility index (Phi) is 3.34. The van der Waals surface area contributed by atoms with E-state index >= 15 is 0 Å². The number of carboxylic acid groups (broad SMARTS) is 1. The molecule has 2 aliphatic rings. The second kappa shape index (κ2) is 5.15. The lowest BCUT2D eigenvalue weighted by atomic mass is 10.1. The van der Waals surface area contributed by atoms with Gasteiger partial charge in [-0.1, -0.05) is 31.0 Å². The zero-order chi connectivity index (χ0) is 14.1. The SMILES string of the molecule is O=C(O)[C@@H]1Cc2ccccc2N1C(=O)NC1CCCC1. The van der Waals surface area contributed by atoms with Crippen LogP contribution >= 0.6 is 0 Å². The summed E-state index contributed by atoms with van der Waals surface area (Å²) in [6, 6.07) is 6.50. The summed E-state index contributed by atoms with van der Waals surface area (Å²) in [7, 11) is 0. The van der Waals surface area contributed by atoms with Crippen LogP contribution < -0.4 is 10.2 Å². The first-order valence-electron chi connectivity index (χ1n) is 7.07. The number of carbonyl (C=O) groups is 2. The Balaban J connectivity index is 1.84. The van der Waals surface area contributed by atoms with Crippen LogP contribution in [-0.2, 0) is 11.2 Å². The van der Waals surface area contributed by atoms with E-state index in [1.807, 2.05) is 24.3 Å². The molecule has 5 nitrogen and oxygen atoms in total. The third kappa shape index (κ3) is 2.24. The predicted octanol–water partition coefficient (Wildman–Crippen LogP) is 2.15. The molecule has 3 rings (SSSR count). The molecule has 20 heavy (non-hydrogen) atoms. The number of urea groups is 1. The monoisotopic (exact) mass is 274 g/mol. The summed E-state index contributed by atoms with van der Waals surface area (Å²) in [4.78, 5) is 25.2. The number of hydrogen-bond donors (Lipinski definition) is 2. The van der Waals surface area contributed by atoms with Crippen LogP contribution in [0.1, 0.15) is 31.2 Å². The largest absolute Gasteiger partial charge is 0.480 e. The zero-order valence-electron chi connectivity index (χ0n) is 11.2. The molecule has 2 N–H and O–H groups in total. The van der Waals surface area contributed by atoms with E-state index in [0.717, 1.165) is 36.9 Å². The number of benzene rings is 1. The van der Waals surface area contributed by atoms with Gasteiger partial charge in [0.15, 0.2) is 0 Å². The maximum absolute atomic E-state index is 12.4. The highest BCUT2D eigenvalue weighted by atomic mass is 16.4. The number of anilines is 1. The molecule has 1 heterocycles. The number of aliphatic carboxylic acids is 1. The first-order valence-corrected chi connectivity index (χ1v) is 7.07. The van der Waals surface area contributed by atoms with Gasteiger partial charge in [0, 0.05) is 18.2 Å². The number of nitrogens with one attached hydrogen (secondary N) is 1. The highest BCUT2D eigenvalue weighted by molar-refractivity contribution is 6.01. The molecule has 106 valence electrons. The molecule has 1 aromatic carbocycles. The van der Waals surface area contributed by atoms with Gasteiger partial charge < -0.3 is 10.4 Å². The number of fused-ring (bicyclic) bond motifs is 1. The predicted molar refractivity (Wildman–Crippen MR) is 74.8 cm³/mol. The lowest BCUT2D eigenvalue weighted by Gasteiger charge is -2.25. The minimum atomic E-state index is -0.956. The second-order valence-electron chi connectivity index (χ2n) is 5.49. The van der Waals surface area contributed by atoms with Crippen molar-refractivity contribution in [3.05, 3.63) is 29.8 Å². The van der Waals surface area contributed by atoms with Gasteiger partial charge in [-0.05, 0) is 24.5 Å². The summed E-state index contributed by atoms with van der Waals surface area (Å²) >= 11 is 0. The van der Waals surface area contributed by atoms with Gasteiger partial charge in [-0.2, -0.15) is 0 Å². The Morgan fingerprint density at radius 3 is 2.60 bits per heavy atom. The van der Waals surface area contributed by atoms with Crippen LogP contribution in [0.25, 0.3) is 0 Å². The van der Waals surface area contributed by atoms with Crippen LogP contribution in [-0.4, -0.2) is 29.2 Å². The molecule has 5 heteroatoms. The molecule has 2 amide bonds. The zero-order valence-corrected chi connectivity index (χ0v) is 11.2. The van der Waals surface area contributed by atoms with E-state index in [2.05, 4.69) is 5.32 Å². The van der Waals surface area contributed by atoms with Crippen molar-refractivity contribution >= 4 is 17.7 Å². The quantitative estimate of drug-likeness (QED) is 0.868. The molecule has 1 atom stereocenters. The molecule has 0 saturated heterocycles. The second-order valence-corrected chi connectivity index (χ2v) is 5.49. The normalized spacial score (nSPS) is 21.8. The van der Waals surface area contributed by atoms with Crippen molar-refractivity contribution < 1.29 is 14.7 Å². The standard InChI is InChI=1S/C15H18N2O3/c18-14(19)13-9-10-5-1-4-8-12(10)17(13)15(20)16-11-6-2-3-7-11/h1,4-5,8,11,13H,2-3,6-7,9H2,(H,16,20)(H,18,19)/t13-/m0/s1. The molecule has 0 spiro atoms. The Hall–Kier alpha value is -2.04. The van der Waals surface area contributed by atoms with Crippen LogP contribution in [0.2, 0.25) is 0 Å². The Morgan fingerprint density at radius 1 is 1.20 bits per heavy atom. The molecular formula is C15H18N2O3. The highest BCUT2D eigenvalue weighted by Gasteiger charge is 2.38. The van der Waals surface area contributed by atoms with Crippen molar-refractivity contribution in [2.45, 2.75) is 44.2 Å². The average molecular weight is 274 g/mol. The van der Waals surface area contributed by atoms with E-state index in [4.69, 9.17) is 0 Å². The number of nitrogens with zero attached hydrogens (tertiary/aromatic N) is 1. The fourth-order valence-corrected chi connectivity index (χ4v) is 3.15. The van der Waals surface area contributed by atoms with Gasteiger partial charge in [-0.25, -0.2) is 9.59 Å². The van der Waals surface area contributed by atoms with Crippen molar-refractivity contribution in [1.82, 2.24) is 5.32 Å². The van der Waals surface area contributed by atoms with Crippen molar-refractivity contribution in [2.24, 2.45) is 0 Å². The number of carbonyl (C=O) groups excluding carboxylic acids is 1. The number of rotatable bonds is 2. The van der Waals surface area contributed by atoms with Gasteiger partial charge in [0.05, 0.1) is 0 Å². The van der Waals surface area contributed by atoms with Crippen LogP contribution in [0.5, 0.6) is 0 Å². The van der Waals surface area contributed by atoms with Crippen LogP contribution in [0.15, 0.2) is 24.3 Å². The van der Waals surface area contributed by atoms with E-state index < -0.39 is 12.0 Å². The van der Waals surface area contributed by atoms with Gasteiger partial charge in [0.2, 0.25) is 0 Å². The van der Waals surface area contributed by atoms with Crippen molar-refractivity contribution in [1.29, 1.82) is 0 Å². The first-order chi connectivity index (χ1) is 9.66. The molecule has 1 saturated carbocycles. The lowest BCUT2D eigenvalue weighted by Crippen LogP contribution is -2.50. The van der Waals surface area contributed by atoms with Gasteiger partial charge in [-0.15, -0.1) is 0 Å². The third-order valence-electron chi connectivity index (χ3n) is 4.16. The summed E-state index contributed by atoms with van der Waals surface area (Å²) in [5.41, 5.74) is 1.64. The molecular weight excluding hydrogens is 256 g/mol. The number of amides is 2. The van der Waals surface area contributed by atoms with Gasteiger partial charge in [0.1, 0.15) is 6.04 Å². The van der Waals surface area contributed by atoms with E-state index in [1.54, 1.807) is 0 Å². The minimum absolute atomic E-state index is 0.185. The Morgan fingerprint density at radius 2 is 1.90 bits per heavy atom. The van der Waals surface area contributed by atoms with Gasteiger partial charge >= 0.3 is 12.0 Å². The van der Waals surface area contributed by atoms with Crippen LogP contribution in [0, 0.1) is 0 Å². The molecule has 0 radical (unpaired) electrons. The summed E-state index contributed by atoms with van der Waals surface area (Å²) in [5.74, 6) is -0.956. The Bertz CT molecular complexity index is 538. The molecule has 0 aromatic heterocycles. The third-order valence-corrected chi connectivity index (χ3v) is 4.16. The fourth-order valence-electron chi connectivity index (χ4n) is 3.15. The molecule has 1 fully saturated rings. The van der Waals surface area contributed by atoms with Crippen molar-refractivity contribution in [3.63, 3.8) is 0 Å². The topological polar surface area (TPSA) is 69.6 Å². The van der Waals surface area contributed by atoms with E-state index in [9.17, 15) is 14.7 Å². The summed E-state index contributed by atoms with van der Waals surface area (Å²) in [6.07, 6.45) is 4.61. The highest BCUT2D eigenvalue weighted by Crippen LogP contribution is 2.32. The van der Waals surface area contributed by atoms with Crippen molar-refractivity contribution in [3.8, 4) is 0 Å². The number of hydrogen-bond acceptors (Lipinski definition) is 2. The van der Waals surface area contributed by atoms with Crippen LogP contribution in [0.3, 0.4) is 0 Å². The fraction of sp³-hybridized carbons (Fsp3) is 0.467. The summed E-state index contributed by atoms with van der Waals surface area (Å²) < 4.78 is 0. The summed E-state index contributed by atoms with van der Waals surface area (Å²) in [6.45, 7) is 0. The Labute approximate surface area is 117 Å². The maximum atomic E-state index is 12.4. The number of carboxylic acids is 1. The smallest absolute Gasteiger partial charge is 0.327 e. The maximum Gasteiger partial charge on any atom is 0.327 e. The molecule has 1 aliphatic carbocycles. The van der Waals surface area contributed by atoms with Crippen molar-refractivity contribution in [2.75, 3.05) is 4.90 Å². The minimum Gasteiger partial charge on any atom is -0.480 e. The van der Waals surface area contributed by atoms with E-state index in [0.29, 0.717) is 6.42 Å². The molecule has 0 unspecified atom stereocenters. The lowest BCUT2D eigenvalue weighted by molar-refractivity contribution is -0.138. The summed E-state index contributed by atoms with van der Waals surface area (Å²) in [5, 5.41) is 12.3. The molecule has 1 aliphatic heterocycles. The van der Waals surface area contributed by atoms with E-state index in [-0.39, 0.29) is 12.1 Å². The van der Waals surface area contributed by atoms with Gasteiger partial charge in [-0.3, -0.25) is 4.90 Å². The van der Waals surface area contributed by atoms with E-state index in [1.165, 1.54) is 4.90 Å². The molecule has 1 aromatic rings. The number of para-hydroxylation sites is 1. The molecule has 0 bridgehead atoms.